The molecule has 0 aliphatic heterocycles. The quantitative estimate of drug-likeness (QED) is 0.275. The summed E-state index contributed by atoms with van der Waals surface area (Å²) in [6, 6.07) is 15.3. The molecular formula is C20H23ClIN5O2. The molecule has 1 aromatic heterocycles. The first-order valence-corrected chi connectivity index (χ1v) is 9.21. The summed E-state index contributed by atoms with van der Waals surface area (Å²) in [6.45, 7) is 1.12. The number of methoxy groups -OCH3 is 1. The molecule has 0 spiro atoms. The maximum absolute atomic E-state index is 5.90. The van der Waals surface area contributed by atoms with Gasteiger partial charge in [-0.05, 0) is 48.4 Å². The average Bonchev–Trinajstić information content (AvgIpc) is 3.20. The van der Waals surface area contributed by atoms with Crippen LogP contribution in [0, 0.1) is 0 Å². The van der Waals surface area contributed by atoms with E-state index in [-0.39, 0.29) is 24.0 Å². The number of guanidine groups is 1. The van der Waals surface area contributed by atoms with Crippen LogP contribution in [0.4, 0.5) is 0 Å². The molecule has 9 heteroatoms. The van der Waals surface area contributed by atoms with Crippen molar-refractivity contribution in [3.8, 4) is 17.1 Å². The van der Waals surface area contributed by atoms with Gasteiger partial charge in [0.05, 0.1) is 13.7 Å². The Morgan fingerprint density at radius 1 is 1.10 bits per heavy atom. The molecule has 3 aromatic rings. The summed E-state index contributed by atoms with van der Waals surface area (Å²) in [5.41, 5.74) is 2.06. The fourth-order valence-electron chi connectivity index (χ4n) is 2.54. The number of aliphatic imine (C=N–C) groups is 1. The van der Waals surface area contributed by atoms with Crippen molar-refractivity contribution >= 4 is 41.5 Å². The fraction of sp³-hybridized carbons (Fsp3) is 0.250. The van der Waals surface area contributed by atoms with E-state index in [1.165, 1.54) is 5.56 Å². The van der Waals surface area contributed by atoms with Gasteiger partial charge in [0.25, 0.3) is 0 Å². The van der Waals surface area contributed by atoms with E-state index in [0.717, 1.165) is 24.3 Å². The average molecular weight is 528 g/mol. The van der Waals surface area contributed by atoms with Crippen LogP contribution in [-0.2, 0) is 13.0 Å². The summed E-state index contributed by atoms with van der Waals surface area (Å²) in [7, 11) is 3.38. The Kier molecular flexibility index (Phi) is 9.20. The van der Waals surface area contributed by atoms with E-state index in [4.69, 9.17) is 20.9 Å². The smallest absolute Gasteiger partial charge is 0.246 e. The van der Waals surface area contributed by atoms with Crippen molar-refractivity contribution < 1.29 is 9.26 Å². The minimum Gasteiger partial charge on any atom is -0.497 e. The highest BCUT2D eigenvalue weighted by atomic mass is 127. The second-order valence-corrected chi connectivity index (χ2v) is 6.41. The normalized spacial score (nSPS) is 10.9. The Balaban J connectivity index is 0.00000300. The van der Waals surface area contributed by atoms with Gasteiger partial charge in [-0.15, -0.1) is 24.0 Å². The lowest BCUT2D eigenvalue weighted by Crippen LogP contribution is -2.37. The molecule has 0 saturated heterocycles. The number of hydrogen-bond donors (Lipinski definition) is 2. The Morgan fingerprint density at radius 2 is 1.83 bits per heavy atom. The SMILES string of the molecule is CN=C(NCCc1ccc(OC)cc1)NCc1nc(-c2ccc(Cl)cc2)no1.I. The van der Waals surface area contributed by atoms with E-state index in [2.05, 4.69) is 25.8 Å². The molecule has 0 radical (unpaired) electrons. The van der Waals surface area contributed by atoms with Gasteiger partial charge in [0.15, 0.2) is 5.96 Å². The molecule has 29 heavy (non-hydrogen) atoms. The molecule has 0 aliphatic carbocycles. The molecular weight excluding hydrogens is 505 g/mol. The first-order valence-electron chi connectivity index (χ1n) is 8.84. The molecule has 0 saturated carbocycles. The number of rotatable bonds is 7. The van der Waals surface area contributed by atoms with Crippen LogP contribution in [0.15, 0.2) is 58.0 Å². The van der Waals surface area contributed by atoms with Crippen LogP contribution in [0.25, 0.3) is 11.4 Å². The summed E-state index contributed by atoms with van der Waals surface area (Å²) < 4.78 is 10.5. The Labute approximate surface area is 191 Å². The molecule has 3 rings (SSSR count). The number of nitrogens with zero attached hydrogens (tertiary/aromatic N) is 3. The van der Waals surface area contributed by atoms with E-state index in [0.29, 0.717) is 29.2 Å². The molecule has 1 heterocycles. The van der Waals surface area contributed by atoms with Crippen molar-refractivity contribution in [2.24, 2.45) is 4.99 Å². The predicted octanol–water partition coefficient (Wildman–Crippen LogP) is 3.92. The zero-order chi connectivity index (χ0) is 19.8. The van der Waals surface area contributed by atoms with E-state index in [1.54, 1.807) is 26.3 Å². The Bertz CT molecular complexity index is 913. The van der Waals surface area contributed by atoms with Crippen LogP contribution in [0.2, 0.25) is 5.02 Å². The largest absolute Gasteiger partial charge is 0.497 e. The van der Waals surface area contributed by atoms with Gasteiger partial charge in [-0.3, -0.25) is 4.99 Å². The van der Waals surface area contributed by atoms with E-state index < -0.39 is 0 Å². The molecule has 0 fully saturated rings. The number of nitrogens with one attached hydrogen (secondary N) is 2. The summed E-state index contributed by atoms with van der Waals surface area (Å²) in [5.74, 6) is 2.52. The van der Waals surface area contributed by atoms with Gasteiger partial charge >= 0.3 is 0 Å². The van der Waals surface area contributed by atoms with Gasteiger partial charge in [0.2, 0.25) is 11.7 Å². The zero-order valence-electron chi connectivity index (χ0n) is 16.2. The number of halogens is 2. The third-order valence-corrected chi connectivity index (χ3v) is 4.32. The molecule has 0 atom stereocenters. The standard InChI is InChI=1S/C20H22ClN5O2.HI/c1-22-20(23-12-11-14-3-9-17(27-2)10-4-14)24-13-18-25-19(26-28-18)15-5-7-16(21)8-6-15;/h3-10H,11-13H2,1-2H3,(H2,22,23,24);1H. The summed E-state index contributed by atoms with van der Waals surface area (Å²) >= 11 is 5.90. The first kappa shape index (κ1) is 23.0. The van der Waals surface area contributed by atoms with E-state index in [1.807, 2.05) is 36.4 Å². The van der Waals surface area contributed by atoms with E-state index in [9.17, 15) is 0 Å². The summed E-state index contributed by atoms with van der Waals surface area (Å²) in [6.07, 6.45) is 0.867. The highest BCUT2D eigenvalue weighted by Gasteiger charge is 2.09. The predicted molar refractivity (Wildman–Crippen MR) is 125 cm³/mol. The Morgan fingerprint density at radius 3 is 2.48 bits per heavy atom. The van der Waals surface area contributed by atoms with Crippen molar-refractivity contribution in [2.75, 3.05) is 20.7 Å². The maximum Gasteiger partial charge on any atom is 0.246 e. The lowest BCUT2D eigenvalue weighted by molar-refractivity contribution is 0.375. The van der Waals surface area contributed by atoms with Crippen LogP contribution >= 0.6 is 35.6 Å². The summed E-state index contributed by atoms with van der Waals surface area (Å²) in [4.78, 5) is 8.59. The lowest BCUT2D eigenvalue weighted by atomic mass is 10.1. The number of hydrogen-bond acceptors (Lipinski definition) is 5. The second kappa shape index (κ2) is 11.6. The third-order valence-electron chi connectivity index (χ3n) is 4.07. The highest BCUT2D eigenvalue weighted by Crippen LogP contribution is 2.18. The van der Waals surface area contributed by atoms with Crippen molar-refractivity contribution in [2.45, 2.75) is 13.0 Å². The van der Waals surface area contributed by atoms with Crippen LogP contribution in [0.1, 0.15) is 11.5 Å². The van der Waals surface area contributed by atoms with Crippen molar-refractivity contribution in [3.05, 3.63) is 65.0 Å². The second-order valence-electron chi connectivity index (χ2n) is 5.97. The first-order chi connectivity index (χ1) is 13.7. The van der Waals surface area contributed by atoms with Gasteiger partial charge in [-0.1, -0.05) is 28.9 Å². The number of ether oxygens (including phenoxy) is 1. The van der Waals surface area contributed by atoms with Crippen LogP contribution in [0.3, 0.4) is 0 Å². The van der Waals surface area contributed by atoms with Crippen LogP contribution in [-0.4, -0.2) is 36.8 Å². The van der Waals surface area contributed by atoms with Crippen LogP contribution < -0.4 is 15.4 Å². The molecule has 154 valence electrons. The molecule has 0 bridgehead atoms. The fourth-order valence-corrected chi connectivity index (χ4v) is 2.67. The van der Waals surface area contributed by atoms with E-state index >= 15 is 0 Å². The van der Waals surface area contributed by atoms with Gasteiger partial charge in [0, 0.05) is 24.2 Å². The molecule has 0 unspecified atom stereocenters. The molecule has 0 amide bonds. The van der Waals surface area contributed by atoms with Crippen molar-refractivity contribution in [1.82, 2.24) is 20.8 Å². The zero-order valence-corrected chi connectivity index (χ0v) is 19.3. The molecule has 0 aliphatic rings. The Hall–Kier alpha value is -2.33. The molecule has 2 N–H and O–H groups in total. The van der Waals surface area contributed by atoms with Crippen molar-refractivity contribution in [3.63, 3.8) is 0 Å². The maximum atomic E-state index is 5.90. The molecule has 2 aromatic carbocycles. The minimum absolute atomic E-state index is 0. The minimum atomic E-state index is 0. The highest BCUT2D eigenvalue weighted by molar-refractivity contribution is 14.0. The van der Waals surface area contributed by atoms with Gasteiger partial charge in [-0.2, -0.15) is 4.98 Å². The lowest BCUT2D eigenvalue weighted by Gasteiger charge is -2.10. The topological polar surface area (TPSA) is 84.6 Å². The number of aromatic nitrogens is 2. The van der Waals surface area contributed by atoms with Gasteiger partial charge in [-0.25, -0.2) is 0 Å². The van der Waals surface area contributed by atoms with Crippen LogP contribution in [0.5, 0.6) is 5.75 Å². The third kappa shape index (κ3) is 6.90. The summed E-state index contributed by atoms with van der Waals surface area (Å²) in [5, 5.41) is 11.1. The molecule has 7 nitrogen and oxygen atoms in total. The monoisotopic (exact) mass is 527 g/mol. The number of benzene rings is 2. The van der Waals surface area contributed by atoms with Gasteiger partial charge < -0.3 is 19.9 Å². The van der Waals surface area contributed by atoms with Gasteiger partial charge in [0.1, 0.15) is 5.75 Å². The van der Waals surface area contributed by atoms with Crippen molar-refractivity contribution in [1.29, 1.82) is 0 Å².